The number of rotatable bonds is 7. The summed E-state index contributed by atoms with van der Waals surface area (Å²) in [5.41, 5.74) is -0.826. The Kier molecular flexibility index (Phi) is 5.88. The van der Waals surface area contributed by atoms with Gasteiger partial charge in [-0.3, -0.25) is 0 Å². The lowest BCUT2D eigenvalue weighted by atomic mass is 10.1. The highest BCUT2D eigenvalue weighted by Gasteiger charge is 2.22. The van der Waals surface area contributed by atoms with Crippen LogP contribution in [0.25, 0.3) is 0 Å². The van der Waals surface area contributed by atoms with Crippen LogP contribution in [0.2, 0.25) is 0 Å². The van der Waals surface area contributed by atoms with Gasteiger partial charge in [-0.1, -0.05) is 0 Å². The predicted molar refractivity (Wildman–Crippen MR) is 44.2 cm³/mol. The molecule has 0 spiro atoms. The van der Waals surface area contributed by atoms with Crippen LogP contribution in [0.4, 0.5) is 0 Å². The van der Waals surface area contributed by atoms with Crippen molar-refractivity contribution in [3.8, 4) is 0 Å². The van der Waals surface area contributed by atoms with E-state index in [4.69, 9.17) is 14.2 Å². The van der Waals surface area contributed by atoms with Crippen molar-refractivity contribution in [3.05, 3.63) is 0 Å². The average molecular weight is 176 g/mol. The number of ether oxygens (including phenoxy) is 3. The minimum atomic E-state index is -0.826. The SMILES string of the molecule is COCCOC[C@@](C)(C=O)OC. The van der Waals surface area contributed by atoms with Gasteiger partial charge in [0.15, 0.2) is 6.29 Å². The lowest BCUT2D eigenvalue weighted by Crippen LogP contribution is -2.35. The molecule has 1 atom stereocenters. The van der Waals surface area contributed by atoms with Crippen molar-refractivity contribution in [3.63, 3.8) is 0 Å². The third-order valence-electron chi connectivity index (χ3n) is 1.54. The van der Waals surface area contributed by atoms with Gasteiger partial charge in [-0.25, -0.2) is 0 Å². The molecule has 0 aliphatic carbocycles. The molecule has 0 radical (unpaired) electrons. The topological polar surface area (TPSA) is 44.8 Å². The molecule has 0 saturated heterocycles. The van der Waals surface area contributed by atoms with Gasteiger partial charge in [0.05, 0.1) is 19.8 Å². The molecule has 0 aromatic rings. The van der Waals surface area contributed by atoms with Crippen LogP contribution in [0, 0.1) is 0 Å². The minimum Gasteiger partial charge on any atom is -0.382 e. The molecule has 0 aliphatic heterocycles. The summed E-state index contributed by atoms with van der Waals surface area (Å²) < 4.78 is 14.8. The quantitative estimate of drug-likeness (QED) is 0.412. The largest absolute Gasteiger partial charge is 0.382 e. The third kappa shape index (κ3) is 4.43. The Hall–Kier alpha value is -0.450. The van der Waals surface area contributed by atoms with Crippen LogP contribution in [-0.4, -0.2) is 45.9 Å². The summed E-state index contributed by atoms with van der Waals surface area (Å²) in [6, 6.07) is 0. The smallest absolute Gasteiger partial charge is 0.153 e. The summed E-state index contributed by atoms with van der Waals surface area (Å²) in [5.74, 6) is 0. The van der Waals surface area contributed by atoms with Crippen LogP contribution in [0.1, 0.15) is 6.92 Å². The van der Waals surface area contributed by atoms with Crippen molar-refractivity contribution in [1.82, 2.24) is 0 Å². The van der Waals surface area contributed by atoms with E-state index in [1.54, 1.807) is 14.0 Å². The van der Waals surface area contributed by atoms with Gasteiger partial charge >= 0.3 is 0 Å². The summed E-state index contributed by atoms with van der Waals surface area (Å²) in [6.07, 6.45) is 0.736. The van der Waals surface area contributed by atoms with Crippen LogP contribution in [0.5, 0.6) is 0 Å². The van der Waals surface area contributed by atoms with E-state index in [0.29, 0.717) is 13.2 Å². The maximum absolute atomic E-state index is 10.5. The highest BCUT2D eigenvalue weighted by atomic mass is 16.5. The fourth-order valence-electron chi connectivity index (χ4n) is 0.558. The Morgan fingerprint density at radius 2 is 2.00 bits per heavy atom. The van der Waals surface area contributed by atoms with Gasteiger partial charge in [-0.15, -0.1) is 0 Å². The molecule has 0 fully saturated rings. The fourth-order valence-corrected chi connectivity index (χ4v) is 0.558. The summed E-state index contributed by atoms with van der Waals surface area (Å²) >= 11 is 0. The van der Waals surface area contributed by atoms with Crippen LogP contribution in [-0.2, 0) is 19.0 Å². The Bertz CT molecular complexity index is 126. The van der Waals surface area contributed by atoms with Crippen molar-refractivity contribution in [1.29, 1.82) is 0 Å². The molecule has 0 rings (SSSR count). The highest BCUT2D eigenvalue weighted by Crippen LogP contribution is 2.04. The van der Waals surface area contributed by atoms with E-state index in [0.717, 1.165) is 6.29 Å². The summed E-state index contributed by atoms with van der Waals surface area (Å²) in [5, 5.41) is 0. The Labute approximate surface area is 72.8 Å². The van der Waals surface area contributed by atoms with E-state index in [1.165, 1.54) is 7.11 Å². The number of carbonyl (C=O) groups is 1. The number of hydrogen-bond acceptors (Lipinski definition) is 4. The Morgan fingerprint density at radius 3 is 2.42 bits per heavy atom. The molecular formula is C8H16O4. The standard InChI is InChI=1S/C8H16O4/c1-8(6-9,11-3)7-12-5-4-10-2/h6H,4-5,7H2,1-3H3/t8-/m1/s1. The number of carbonyl (C=O) groups excluding carboxylic acids is 1. The zero-order valence-electron chi connectivity index (χ0n) is 7.83. The molecule has 0 aliphatic rings. The molecule has 4 nitrogen and oxygen atoms in total. The van der Waals surface area contributed by atoms with Crippen LogP contribution < -0.4 is 0 Å². The second kappa shape index (κ2) is 6.11. The normalized spacial score (nSPS) is 15.6. The zero-order chi connectivity index (χ0) is 9.45. The summed E-state index contributed by atoms with van der Waals surface area (Å²) in [4.78, 5) is 10.5. The number of hydrogen-bond donors (Lipinski definition) is 0. The zero-order valence-corrected chi connectivity index (χ0v) is 7.83. The lowest BCUT2D eigenvalue weighted by molar-refractivity contribution is -0.133. The lowest BCUT2D eigenvalue weighted by Gasteiger charge is -2.20. The Morgan fingerprint density at radius 1 is 1.33 bits per heavy atom. The molecule has 72 valence electrons. The average Bonchev–Trinajstić information content (AvgIpc) is 2.12. The maximum atomic E-state index is 10.5. The summed E-state index contributed by atoms with van der Waals surface area (Å²) in [6.45, 7) is 2.94. The van der Waals surface area contributed by atoms with E-state index < -0.39 is 5.60 Å². The van der Waals surface area contributed by atoms with Crippen molar-refractivity contribution >= 4 is 6.29 Å². The van der Waals surface area contributed by atoms with E-state index in [1.807, 2.05) is 0 Å². The van der Waals surface area contributed by atoms with E-state index in [9.17, 15) is 4.79 Å². The molecule has 0 saturated carbocycles. The first kappa shape index (κ1) is 11.6. The van der Waals surface area contributed by atoms with E-state index >= 15 is 0 Å². The predicted octanol–water partition coefficient (Wildman–Crippen LogP) is 0.253. The van der Waals surface area contributed by atoms with Gasteiger partial charge in [-0.05, 0) is 6.92 Å². The van der Waals surface area contributed by atoms with Crippen LogP contribution in [0.15, 0.2) is 0 Å². The number of aldehydes is 1. The third-order valence-corrected chi connectivity index (χ3v) is 1.54. The first-order chi connectivity index (χ1) is 5.68. The second-order valence-electron chi connectivity index (χ2n) is 2.68. The molecule has 0 N–H and O–H groups in total. The molecular weight excluding hydrogens is 160 g/mol. The fraction of sp³-hybridized carbons (Fsp3) is 0.875. The van der Waals surface area contributed by atoms with Crippen molar-refractivity contribution in [2.75, 3.05) is 34.0 Å². The molecule has 0 aromatic heterocycles. The van der Waals surface area contributed by atoms with Crippen molar-refractivity contribution in [2.24, 2.45) is 0 Å². The molecule has 0 bridgehead atoms. The first-order valence-electron chi connectivity index (χ1n) is 3.76. The van der Waals surface area contributed by atoms with Crippen LogP contribution >= 0.6 is 0 Å². The molecule has 0 amide bonds. The highest BCUT2D eigenvalue weighted by molar-refractivity contribution is 5.61. The van der Waals surface area contributed by atoms with Crippen LogP contribution in [0.3, 0.4) is 0 Å². The van der Waals surface area contributed by atoms with Gasteiger partial charge in [0.1, 0.15) is 5.60 Å². The van der Waals surface area contributed by atoms with E-state index in [2.05, 4.69) is 0 Å². The van der Waals surface area contributed by atoms with Gasteiger partial charge in [0, 0.05) is 14.2 Å². The van der Waals surface area contributed by atoms with Gasteiger partial charge in [-0.2, -0.15) is 0 Å². The molecule has 0 heterocycles. The minimum absolute atomic E-state index is 0.260. The second-order valence-corrected chi connectivity index (χ2v) is 2.68. The molecule has 0 unspecified atom stereocenters. The summed E-state index contributed by atoms with van der Waals surface area (Å²) in [7, 11) is 3.08. The van der Waals surface area contributed by atoms with Crippen molar-refractivity contribution in [2.45, 2.75) is 12.5 Å². The Balaban J connectivity index is 3.51. The van der Waals surface area contributed by atoms with Gasteiger partial charge < -0.3 is 19.0 Å². The molecule has 12 heavy (non-hydrogen) atoms. The van der Waals surface area contributed by atoms with Crippen molar-refractivity contribution < 1.29 is 19.0 Å². The van der Waals surface area contributed by atoms with Gasteiger partial charge in [0.25, 0.3) is 0 Å². The first-order valence-corrected chi connectivity index (χ1v) is 3.76. The van der Waals surface area contributed by atoms with Gasteiger partial charge in [0.2, 0.25) is 0 Å². The maximum Gasteiger partial charge on any atom is 0.153 e. The number of methoxy groups -OCH3 is 2. The van der Waals surface area contributed by atoms with E-state index in [-0.39, 0.29) is 6.61 Å². The monoisotopic (exact) mass is 176 g/mol. The molecule has 4 heteroatoms. The molecule has 0 aromatic carbocycles.